The lowest BCUT2D eigenvalue weighted by Gasteiger charge is -2.34. The molecule has 1 amide bonds. The molecule has 1 aliphatic rings. The molecule has 7 heteroatoms. The van der Waals surface area contributed by atoms with Crippen LogP contribution in [0.3, 0.4) is 0 Å². The Morgan fingerprint density at radius 2 is 2.13 bits per heavy atom. The molecule has 128 valence electrons. The fraction of sp³-hybridized carbons (Fsp3) is 0.562. The van der Waals surface area contributed by atoms with E-state index in [2.05, 4.69) is 10.6 Å². The summed E-state index contributed by atoms with van der Waals surface area (Å²) in [5, 5.41) is 6.05. The molecule has 1 saturated heterocycles. The van der Waals surface area contributed by atoms with Crippen molar-refractivity contribution in [3.8, 4) is 5.75 Å². The molecule has 0 aliphatic carbocycles. The van der Waals surface area contributed by atoms with Crippen molar-refractivity contribution >= 4 is 5.91 Å². The summed E-state index contributed by atoms with van der Waals surface area (Å²) >= 11 is 0. The van der Waals surface area contributed by atoms with E-state index in [4.69, 9.17) is 9.47 Å². The maximum Gasteiger partial charge on any atom is 0.272 e. The predicted molar refractivity (Wildman–Crippen MR) is 81.6 cm³/mol. The first-order valence-corrected chi connectivity index (χ1v) is 7.60. The van der Waals surface area contributed by atoms with E-state index in [0.29, 0.717) is 25.1 Å². The van der Waals surface area contributed by atoms with Crippen molar-refractivity contribution in [2.24, 2.45) is 0 Å². The highest BCUT2D eigenvalue weighted by molar-refractivity contribution is 5.85. The van der Waals surface area contributed by atoms with Gasteiger partial charge in [-0.25, -0.2) is 8.78 Å². The van der Waals surface area contributed by atoms with Crippen LogP contribution in [0.25, 0.3) is 0 Å². The van der Waals surface area contributed by atoms with E-state index in [-0.39, 0.29) is 5.91 Å². The Bertz CT molecular complexity index is 520. The van der Waals surface area contributed by atoms with E-state index in [9.17, 15) is 13.6 Å². The zero-order valence-electron chi connectivity index (χ0n) is 13.1. The zero-order chi connectivity index (χ0) is 16.7. The number of benzene rings is 1. The van der Waals surface area contributed by atoms with Crippen LogP contribution in [0.15, 0.2) is 24.3 Å². The molecule has 0 spiro atoms. The molecule has 1 heterocycles. The van der Waals surface area contributed by atoms with Crippen LogP contribution in [-0.2, 0) is 16.1 Å². The normalized spacial score (nSPS) is 17.0. The number of carbonyl (C=O) groups is 1. The summed E-state index contributed by atoms with van der Waals surface area (Å²) in [6, 6.07) is 6.76. The monoisotopic (exact) mass is 328 g/mol. The lowest BCUT2D eigenvalue weighted by atomic mass is 9.91. The molecule has 0 radical (unpaired) electrons. The first-order valence-electron chi connectivity index (χ1n) is 7.60. The fourth-order valence-corrected chi connectivity index (χ4v) is 2.60. The number of methoxy groups -OCH3 is 1. The van der Waals surface area contributed by atoms with Crippen LogP contribution >= 0.6 is 0 Å². The maximum atomic E-state index is 12.4. The molecule has 23 heavy (non-hydrogen) atoms. The van der Waals surface area contributed by atoms with E-state index in [1.807, 2.05) is 0 Å². The van der Waals surface area contributed by atoms with Gasteiger partial charge in [-0.1, -0.05) is 12.1 Å². The molecule has 1 aromatic rings. The van der Waals surface area contributed by atoms with Crippen LogP contribution in [0.4, 0.5) is 8.78 Å². The molecule has 2 rings (SSSR count). The standard InChI is InChI=1S/C16H22F2N2O3/c1-22-16(5-7-19-8-6-16)15(21)20-10-12-3-2-4-13(9-12)23-11-14(17)18/h2-4,9,14,19H,5-8,10-11H2,1H3,(H,20,21). The van der Waals surface area contributed by atoms with Crippen LogP contribution in [0.1, 0.15) is 18.4 Å². The topological polar surface area (TPSA) is 59.6 Å². The largest absolute Gasteiger partial charge is 0.488 e. The van der Waals surface area contributed by atoms with Crippen molar-refractivity contribution in [3.63, 3.8) is 0 Å². The fourth-order valence-electron chi connectivity index (χ4n) is 2.60. The number of rotatable bonds is 7. The second-order valence-electron chi connectivity index (χ2n) is 5.48. The SMILES string of the molecule is COC1(C(=O)NCc2cccc(OCC(F)F)c2)CCNCC1. The third kappa shape index (κ3) is 4.87. The molecule has 0 atom stereocenters. The molecule has 1 aliphatic heterocycles. The van der Waals surface area contributed by atoms with E-state index in [1.165, 1.54) is 0 Å². The average Bonchev–Trinajstić information content (AvgIpc) is 2.58. The van der Waals surface area contributed by atoms with Gasteiger partial charge in [-0.15, -0.1) is 0 Å². The van der Waals surface area contributed by atoms with Gasteiger partial charge >= 0.3 is 0 Å². The highest BCUT2D eigenvalue weighted by Gasteiger charge is 2.39. The Labute approximate surface area is 134 Å². The first-order chi connectivity index (χ1) is 11.1. The molecule has 2 N–H and O–H groups in total. The summed E-state index contributed by atoms with van der Waals surface area (Å²) < 4.78 is 34.8. The van der Waals surface area contributed by atoms with Gasteiger partial charge in [-0.2, -0.15) is 0 Å². The van der Waals surface area contributed by atoms with Crippen LogP contribution in [-0.4, -0.2) is 44.7 Å². The Hall–Kier alpha value is -1.73. The number of halogens is 2. The maximum absolute atomic E-state index is 12.4. The van der Waals surface area contributed by atoms with Gasteiger partial charge in [0.05, 0.1) is 0 Å². The van der Waals surface area contributed by atoms with E-state index in [1.54, 1.807) is 31.4 Å². The van der Waals surface area contributed by atoms with Gasteiger partial charge in [-0.05, 0) is 43.6 Å². The molecular weight excluding hydrogens is 306 g/mol. The van der Waals surface area contributed by atoms with Crippen molar-refractivity contribution in [1.82, 2.24) is 10.6 Å². The van der Waals surface area contributed by atoms with Gasteiger partial charge in [0.15, 0.2) is 0 Å². The molecular formula is C16H22F2N2O3. The van der Waals surface area contributed by atoms with Gasteiger partial charge in [0.1, 0.15) is 18.0 Å². The number of ether oxygens (including phenoxy) is 2. The van der Waals surface area contributed by atoms with E-state index < -0.39 is 18.6 Å². The lowest BCUT2D eigenvalue weighted by molar-refractivity contribution is -0.146. The van der Waals surface area contributed by atoms with Gasteiger partial charge in [0.2, 0.25) is 0 Å². The molecule has 5 nitrogen and oxygen atoms in total. The van der Waals surface area contributed by atoms with Gasteiger partial charge in [0.25, 0.3) is 12.3 Å². The lowest BCUT2D eigenvalue weighted by Crippen LogP contribution is -2.53. The van der Waals surface area contributed by atoms with Crippen molar-refractivity contribution in [3.05, 3.63) is 29.8 Å². The number of hydrogen-bond acceptors (Lipinski definition) is 4. The van der Waals surface area contributed by atoms with Crippen molar-refractivity contribution in [1.29, 1.82) is 0 Å². The number of alkyl halides is 2. The highest BCUT2D eigenvalue weighted by Crippen LogP contribution is 2.23. The molecule has 0 bridgehead atoms. The van der Waals surface area contributed by atoms with Crippen molar-refractivity contribution in [2.45, 2.75) is 31.4 Å². The number of nitrogens with one attached hydrogen (secondary N) is 2. The minimum absolute atomic E-state index is 0.152. The molecule has 0 unspecified atom stereocenters. The second-order valence-corrected chi connectivity index (χ2v) is 5.48. The highest BCUT2D eigenvalue weighted by atomic mass is 19.3. The van der Waals surface area contributed by atoms with Crippen LogP contribution in [0.2, 0.25) is 0 Å². The number of piperidine rings is 1. The predicted octanol–water partition coefficient (Wildman–Crippen LogP) is 1.72. The summed E-state index contributed by atoms with van der Waals surface area (Å²) in [5.74, 6) is 0.209. The summed E-state index contributed by atoms with van der Waals surface area (Å²) in [6.07, 6.45) is -1.28. The summed E-state index contributed by atoms with van der Waals surface area (Å²) in [6.45, 7) is 1.12. The third-order valence-electron chi connectivity index (χ3n) is 3.94. The smallest absolute Gasteiger partial charge is 0.272 e. The zero-order valence-corrected chi connectivity index (χ0v) is 13.1. The molecule has 0 aromatic heterocycles. The van der Waals surface area contributed by atoms with Crippen molar-refractivity contribution in [2.75, 3.05) is 26.8 Å². The van der Waals surface area contributed by atoms with Gasteiger partial charge in [-0.3, -0.25) is 4.79 Å². The summed E-state index contributed by atoms with van der Waals surface area (Å²) in [5.41, 5.74) is -0.0139. The Morgan fingerprint density at radius 3 is 2.78 bits per heavy atom. The summed E-state index contributed by atoms with van der Waals surface area (Å²) in [7, 11) is 1.55. The number of hydrogen-bond donors (Lipinski definition) is 2. The minimum Gasteiger partial charge on any atom is -0.488 e. The Balaban J connectivity index is 1.92. The van der Waals surface area contributed by atoms with Crippen LogP contribution < -0.4 is 15.4 Å². The molecule has 1 fully saturated rings. The van der Waals surface area contributed by atoms with Crippen molar-refractivity contribution < 1.29 is 23.0 Å². The van der Waals surface area contributed by atoms with E-state index >= 15 is 0 Å². The van der Waals surface area contributed by atoms with Gasteiger partial charge < -0.3 is 20.1 Å². The second kappa shape index (κ2) is 8.21. The number of amides is 1. The van der Waals surface area contributed by atoms with Crippen LogP contribution in [0, 0.1) is 0 Å². The average molecular weight is 328 g/mol. The first kappa shape index (κ1) is 17.6. The third-order valence-corrected chi connectivity index (χ3v) is 3.94. The molecule has 1 aromatic carbocycles. The van der Waals surface area contributed by atoms with Crippen LogP contribution in [0.5, 0.6) is 5.75 Å². The molecule has 0 saturated carbocycles. The summed E-state index contributed by atoms with van der Waals surface area (Å²) in [4.78, 5) is 12.4. The minimum atomic E-state index is -2.51. The Morgan fingerprint density at radius 1 is 1.39 bits per heavy atom. The quantitative estimate of drug-likeness (QED) is 0.800. The Kier molecular flexibility index (Phi) is 6.29. The van der Waals surface area contributed by atoms with E-state index in [0.717, 1.165) is 18.7 Å². The van der Waals surface area contributed by atoms with Gasteiger partial charge in [0, 0.05) is 13.7 Å². The number of carbonyl (C=O) groups excluding carboxylic acids is 1.